The molecule has 0 amide bonds. The van der Waals surface area contributed by atoms with Crippen molar-refractivity contribution in [3.8, 4) is 0 Å². The summed E-state index contributed by atoms with van der Waals surface area (Å²) in [6.45, 7) is 1.85. The number of nitrogens with zero attached hydrogens (tertiary/aromatic N) is 2. The third-order valence-corrected chi connectivity index (χ3v) is 2.59. The zero-order chi connectivity index (χ0) is 11.7. The zero-order valence-corrected chi connectivity index (χ0v) is 9.27. The topological polar surface area (TPSA) is 60.9 Å². The average Bonchev–Trinajstić information content (AvgIpc) is 2.68. The van der Waals surface area contributed by atoms with Gasteiger partial charge in [-0.1, -0.05) is 12.1 Å². The fraction of sp³-hybridized carbons (Fsp3) is 0.167. The Morgan fingerprint density at radius 3 is 2.81 bits per heavy atom. The van der Waals surface area contributed by atoms with E-state index in [1.165, 1.54) is 0 Å². The Hall–Kier alpha value is -2.10. The molecule has 4 heteroatoms. The third-order valence-electron chi connectivity index (χ3n) is 2.59. The van der Waals surface area contributed by atoms with Crippen molar-refractivity contribution in [3.05, 3.63) is 47.3 Å². The number of benzene rings is 1. The number of hydrogen-bond donors (Lipinski definition) is 1. The molecule has 0 fully saturated rings. The van der Waals surface area contributed by atoms with Gasteiger partial charge in [0.05, 0.1) is 11.8 Å². The highest BCUT2D eigenvalue weighted by Gasteiger charge is 2.14. The normalized spacial score (nSPS) is 10.4. The predicted molar refractivity (Wildman–Crippen MR) is 62.2 cm³/mol. The van der Waals surface area contributed by atoms with E-state index in [4.69, 9.17) is 5.73 Å². The molecule has 16 heavy (non-hydrogen) atoms. The summed E-state index contributed by atoms with van der Waals surface area (Å²) in [6, 6.07) is 5.35. The van der Waals surface area contributed by atoms with Gasteiger partial charge in [-0.25, -0.2) is 0 Å². The van der Waals surface area contributed by atoms with Gasteiger partial charge >= 0.3 is 0 Å². The molecule has 0 aliphatic heterocycles. The summed E-state index contributed by atoms with van der Waals surface area (Å²) >= 11 is 0. The van der Waals surface area contributed by atoms with Crippen LogP contribution in [0, 0.1) is 6.92 Å². The van der Waals surface area contributed by atoms with E-state index in [0.29, 0.717) is 16.8 Å². The number of ketones is 1. The molecule has 2 rings (SSSR count). The molecule has 0 aliphatic rings. The van der Waals surface area contributed by atoms with Gasteiger partial charge in [0.2, 0.25) is 0 Å². The van der Waals surface area contributed by atoms with Crippen molar-refractivity contribution in [1.82, 2.24) is 9.78 Å². The quantitative estimate of drug-likeness (QED) is 0.610. The van der Waals surface area contributed by atoms with E-state index in [9.17, 15) is 4.79 Å². The molecular weight excluding hydrogens is 202 g/mol. The second kappa shape index (κ2) is 3.81. The summed E-state index contributed by atoms with van der Waals surface area (Å²) in [4.78, 5) is 12.1. The molecule has 0 aliphatic carbocycles. The SMILES string of the molecule is Cc1c(N)cccc1C(=O)c1cnn(C)c1. The minimum absolute atomic E-state index is 0.0436. The number of aryl methyl sites for hydroxylation is 1. The van der Waals surface area contributed by atoms with Crippen molar-refractivity contribution in [2.24, 2.45) is 7.05 Å². The largest absolute Gasteiger partial charge is 0.398 e. The van der Waals surface area contributed by atoms with Crippen LogP contribution in [0.2, 0.25) is 0 Å². The van der Waals surface area contributed by atoms with Crippen LogP contribution in [0.3, 0.4) is 0 Å². The van der Waals surface area contributed by atoms with Gasteiger partial charge in [0.1, 0.15) is 0 Å². The van der Waals surface area contributed by atoms with Crippen LogP contribution in [0.1, 0.15) is 21.5 Å². The fourth-order valence-corrected chi connectivity index (χ4v) is 1.59. The molecule has 82 valence electrons. The molecule has 2 aromatic rings. The summed E-state index contributed by atoms with van der Waals surface area (Å²) < 4.78 is 1.61. The second-order valence-electron chi connectivity index (χ2n) is 3.75. The third kappa shape index (κ3) is 1.69. The van der Waals surface area contributed by atoms with Gasteiger partial charge in [0.15, 0.2) is 5.78 Å². The van der Waals surface area contributed by atoms with Crippen LogP contribution >= 0.6 is 0 Å². The summed E-state index contributed by atoms with van der Waals surface area (Å²) in [5, 5.41) is 3.98. The van der Waals surface area contributed by atoms with Gasteiger partial charge in [-0.15, -0.1) is 0 Å². The Balaban J connectivity index is 2.45. The average molecular weight is 215 g/mol. The number of anilines is 1. The number of hydrogen-bond acceptors (Lipinski definition) is 3. The van der Waals surface area contributed by atoms with Crippen LogP contribution in [0.5, 0.6) is 0 Å². The molecule has 0 bridgehead atoms. The maximum absolute atomic E-state index is 12.1. The molecule has 2 N–H and O–H groups in total. The highest BCUT2D eigenvalue weighted by molar-refractivity contribution is 6.10. The van der Waals surface area contributed by atoms with Crippen molar-refractivity contribution in [3.63, 3.8) is 0 Å². The number of nitrogen functional groups attached to an aromatic ring is 1. The Bertz CT molecular complexity index is 543. The Morgan fingerprint density at radius 1 is 1.44 bits per heavy atom. The molecule has 0 unspecified atom stereocenters. The lowest BCUT2D eigenvalue weighted by molar-refractivity contribution is 0.103. The fourth-order valence-electron chi connectivity index (χ4n) is 1.59. The van der Waals surface area contributed by atoms with E-state index in [0.717, 1.165) is 5.56 Å². The van der Waals surface area contributed by atoms with Crippen molar-refractivity contribution in [1.29, 1.82) is 0 Å². The zero-order valence-electron chi connectivity index (χ0n) is 9.27. The smallest absolute Gasteiger partial charge is 0.196 e. The lowest BCUT2D eigenvalue weighted by Gasteiger charge is -2.05. The van der Waals surface area contributed by atoms with E-state index in [2.05, 4.69) is 5.10 Å². The predicted octanol–water partition coefficient (Wildman–Crippen LogP) is 1.54. The molecule has 0 spiro atoms. The molecule has 4 nitrogen and oxygen atoms in total. The summed E-state index contributed by atoms with van der Waals surface area (Å²) in [7, 11) is 1.78. The summed E-state index contributed by atoms with van der Waals surface area (Å²) in [6.07, 6.45) is 3.26. The Kier molecular flexibility index (Phi) is 2.48. The number of carbonyl (C=O) groups is 1. The number of aromatic nitrogens is 2. The second-order valence-corrected chi connectivity index (χ2v) is 3.75. The van der Waals surface area contributed by atoms with Gasteiger partial charge in [-0.2, -0.15) is 5.10 Å². The molecule has 0 saturated heterocycles. The Labute approximate surface area is 93.7 Å². The number of nitrogens with two attached hydrogens (primary N) is 1. The molecule has 1 aromatic heterocycles. The molecular formula is C12H13N3O. The van der Waals surface area contributed by atoms with Gasteiger partial charge in [0, 0.05) is 24.5 Å². The van der Waals surface area contributed by atoms with Crippen molar-refractivity contribution >= 4 is 11.5 Å². The minimum Gasteiger partial charge on any atom is -0.398 e. The first-order valence-corrected chi connectivity index (χ1v) is 4.98. The molecule has 0 saturated carbocycles. The summed E-state index contributed by atoms with van der Waals surface area (Å²) in [5.74, 6) is -0.0436. The maximum atomic E-state index is 12.1. The van der Waals surface area contributed by atoms with Crippen LogP contribution in [0.25, 0.3) is 0 Å². The van der Waals surface area contributed by atoms with Crippen LogP contribution in [-0.2, 0) is 7.05 Å². The van der Waals surface area contributed by atoms with Gasteiger partial charge in [0.25, 0.3) is 0 Å². The standard InChI is InChI=1S/C12H13N3O/c1-8-10(4-3-5-11(8)13)12(16)9-6-14-15(2)7-9/h3-7H,13H2,1-2H3. The first-order chi connectivity index (χ1) is 7.59. The Morgan fingerprint density at radius 2 is 2.19 bits per heavy atom. The molecule has 1 aromatic carbocycles. The maximum Gasteiger partial charge on any atom is 0.196 e. The highest BCUT2D eigenvalue weighted by Crippen LogP contribution is 2.18. The first kappa shape index (κ1) is 10.4. The molecule has 0 atom stereocenters. The van der Waals surface area contributed by atoms with Crippen LogP contribution in [-0.4, -0.2) is 15.6 Å². The van der Waals surface area contributed by atoms with E-state index in [1.54, 1.807) is 42.3 Å². The van der Waals surface area contributed by atoms with Crippen molar-refractivity contribution in [2.45, 2.75) is 6.92 Å². The minimum atomic E-state index is -0.0436. The monoisotopic (exact) mass is 215 g/mol. The van der Waals surface area contributed by atoms with Crippen LogP contribution in [0.4, 0.5) is 5.69 Å². The highest BCUT2D eigenvalue weighted by atomic mass is 16.1. The lowest BCUT2D eigenvalue weighted by atomic mass is 10.00. The number of carbonyl (C=O) groups excluding carboxylic acids is 1. The van der Waals surface area contributed by atoms with Gasteiger partial charge < -0.3 is 5.73 Å². The molecule has 0 radical (unpaired) electrons. The van der Waals surface area contributed by atoms with Crippen LogP contribution in [0.15, 0.2) is 30.6 Å². The number of rotatable bonds is 2. The van der Waals surface area contributed by atoms with E-state index < -0.39 is 0 Å². The summed E-state index contributed by atoms with van der Waals surface area (Å²) in [5.41, 5.74) is 8.43. The van der Waals surface area contributed by atoms with Crippen molar-refractivity contribution in [2.75, 3.05) is 5.73 Å². The first-order valence-electron chi connectivity index (χ1n) is 4.98. The van der Waals surface area contributed by atoms with Crippen LogP contribution < -0.4 is 5.73 Å². The van der Waals surface area contributed by atoms with Gasteiger partial charge in [-0.3, -0.25) is 9.48 Å². The van der Waals surface area contributed by atoms with Crippen molar-refractivity contribution < 1.29 is 4.79 Å². The van der Waals surface area contributed by atoms with Gasteiger partial charge in [-0.05, 0) is 18.6 Å². The lowest BCUT2D eigenvalue weighted by Crippen LogP contribution is -2.04. The molecule has 1 heterocycles. The van der Waals surface area contributed by atoms with E-state index in [-0.39, 0.29) is 5.78 Å². The van der Waals surface area contributed by atoms with E-state index >= 15 is 0 Å². The van der Waals surface area contributed by atoms with E-state index in [1.807, 2.05) is 6.92 Å².